The van der Waals surface area contributed by atoms with E-state index in [1.54, 1.807) is 0 Å². The van der Waals surface area contributed by atoms with Crippen molar-refractivity contribution in [3.8, 4) is 0 Å². The highest BCUT2D eigenvalue weighted by Gasteiger charge is 2.46. The molecule has 3 aromatic rings. The van der Waals surface area contributed by atoms with Gasteiger partial charge in [-0.15, -0.1) is 0 Å². The molecule has 0 radical (unpaired) electrons. The number of benzene rings is 2. The van der Waals surface area contributed by atoms with Gasteiger partial charge >= 0.3 is 6.03 Å². The number of nitrogens with one attached hydrogen (secondary N) is 1. The van der Waals surface area contributed by atoms with E-state index in [2.05, 4.69) is 17.4 Å². The first-order valence-electron chi connectivity index (χ1n) is 9.41. The maximum atomic E-state index is 12.8. The van der Waals surface area contributed by atoms with Crippen LogP contribution in [0.3, 0.4) is 0 Å². The van der Waals surface area contributed by atoms with Crippen LogP contribution in [0, 0.1) is 0 Å². The van der Waals surface area contributed by atoms with E-state index >= 15 is 0 Å². The van der Waals surface area contributed by atoms with E-state index in [0.717, 1.165) is 23.2 Å². The predicted octanol–water partition coefficient (Wildman–Crippen LogP) is 4.33. The summed E-state index contributed by atoms with van der Waals surface area (Å²) in [7, 11) is 0. The fraction of sp³-hybridized carbons (Fsp3) is 0.318. The van der Waals surface area contributed by atoms with Gasteiger partial charge in [-0.1, -0.05) is 42.5 Å². The van der Waals surface area contributed by atoms with Gasteiger partial charge in [-0.3, -0.25) is 0 Å². The van der Waals surface area contributed by atoms with Gasteiger partial charge < -0.3 is 19.4 Å². The molecule has 2 amide bonds. The Kier molecular flexibility index (Phi) is 3.72. The number of para-hydroxylation sites is 1. The molecule has 1 fully saturated rings. The van der Waals surface area contributed by atoms with Crippen molar-refractivity contribution in [3.63, 3.8) is 0 Å². The topological polar surface area (TPSA) is 54.7 Å². The number of ether oxygens (including phenoxy) is 1. The molecule has 2 aliphatic rings. The molecule has 1 aromatic heterocycles. The zero-order valence-corrected chi connectivity index (χ0v) is 15.3. The summed E-state index contributed by atoms with van der Waals surface area (Å²) in [6.07, 6.45) is 0.830. The van der Waals surface area contributed by atoms with E-state index in [-0.39, 0.29) is 17.7 Å². The van der Waals surface area contributed by atoms with Gasteiger partial charge in [-0.25, -0.2) is 4.79 Å². The van der Waals surface area contributed by atoms with Crippen molar-refractivity contribution in [2.45, 2.75) is 31.6 Å². The number of hydrogen-bond acceptors (Lipinski definition) is 3. The highest BCUT2D eigenvalue weighted by atomic mass is 16.5. The van der Waals surface area contributed by atoms with E-state index in [1.807, 2.05) is 54.3 Å². The van der Waals surface area contributed by atoms with E-state index in [4.69, 9.17) is 9.15 Å². The summed E-state index contributed by atoms with van der Waals surface area (Å²) in [6.45, 7) is 3.85. The molecule has 1 saturated heterocycles. The van der Waals surface area contributed by atoms with Gasteiger partial charge in [0.05, 0.1) is 19.2 Å². The Morgan fingerprint density at radius 2 is 2.00 bits per heavy atom. The average Bonchev–Trinajstić information content (AvgIpc) is 3.40. The second kappa shape index (κ2) is 6.13. The van der Waals surface area contributed by atoms with Gasteiger partial charge in [0.1, 0.15) is 16.9 Å². The molecule has 5 nitrogen and oxygen atoms in total. The van der Waals surface area contributed by atoms with Crippen LogP contribution in [0.25, 0.3) is 11.0 Å². The Labute approximate surface area is 157 Å². The molecule has 3 heterocycles. The molecule has 5 rings (SSSR count). The van der Waals surface area contributed by atoms with Gasteiger partial charge in [0, 0.05) is 18.4 Å². The third-order valence-corrected chi connectivity index (χ3v) is 5.74. The van der Waals surface area contributed by atoms with Crippen LogP contribution in [0.15, 0.2) is 59.0 Å². The quantitative estimate of drug-likeness (QED) is 0.738. The van der Waals surface area contributed by atoms with Crippen molar-refractivity contribution in [1.29, 1.82) is 0 Å². The number of rotatable bonds is 2. The lowest BCUT2D eigenvalue weighted by Crippen LogP contribution is -2.41. The Hall–Kier alpha value is -2.79. The van der Waals surface area contributed by atoms with E-state index in [0.29, 0.717) is 19.7 Å². The van der Waals surface area contributed by atoms with Crippen LogP contribution in [0.4, 0.5) is 4.79 Å². The van der Waals surface area contributed by atoms with Crippen molar-refractivity contribution in [2.75, 3.05) is 13.1 Å². The molecule has 5 heteroatoms. The molecule has 0 saturated carbocycles. The Morgan fingerprint density at radius 3 is 2.89 bits per heavy atom. The number of carbonyl (C=O) groups excluding carboxylic acids is 1. The maximum absolute atomic E-state index is 12.8. The van der Waals surface area contributed by atoms with Crippen LogP contribution in [0.1, 0.15) is 36.3 Å². The smallest absolute Gasteiger partial charge is 0.318 e. The molecule has 138 valence electrons. The summed E-state index contributed by atoms with van der Waals surface area (Å²) in [5.41, 5.74) is 2.95. The number of amides is 2. The molecule has 1 unspecified atom stereocenters. The van der Waals surface area contributed by atoms with Crippen molar-refractivity contribution in [3.05, 3.63) is 71.5 Å². The van der Waals surface area contributed by atoms with Crippen LogP contribution >= 0.6 is 0 Å². The van der Waals surface area contributed by atoms with Crippen LogP contribution in [0.2, 0.25) is 0 Å². The van der Waals surface area contributed by atoms with Crippen LogP contribution in [-0.4, -0.2) is 24.0 Å². The molecule has 1 spiro atoms. The number of nitrogens with zero attached hydrogens (tertiary/aromatic N) is 1. The van der Waals surface area contributed by atoms with Gasteiger partial charge in [0.15, 0.2) is 0 Å². The SMILES string of the molecule is C[C@@H](NC(=O)N1CCC2(C1)OCc1ccccc12)c1cc2ccccc2o1. The number of fused-ring (bicyclic) bond motifs is 3. The van der Waals surface area contributed by atoms with Crippen LogP contribution in [0.5, 0.6) is 0 Å². The van der Waals surface area contributed by atoms with Crippen molar-refractivity contribution >= 4 is 17.0 Å². The minimum atomic E-state index is -0.351. The number of likely N-dealkylation sites (tertiary alicyclic amines) is 1. The molecule has 2 aliphatic heterocycles. The molecule has 1 N–H and O–H groups in total. The molecule has 0 bridgehead atoms. The molecule has 27 heavy (non-hydrogen) atoms. The summed E-state index contributed by atoms with van der Waals surface area (Å²) in [6, 6.07) is 17.9. The van der Waals surface area contributed by atoms with Crippen molar-refractivity contribution < 1.29 is 13.9 Å². The Balaban J connectivity index is 1.29. The fourth-order valence-corrected chi connectivity index (χ4v) is 4.24. The summed E-state index contributed by atoms with van der Waals surface area (Å²) < 4.78 is 12.0. The second-order valence-corrected chi connectivity index (χ2v) is 7.47. The van der Waals surface area contributed by atoms with Gasteiger partial charge in [0.25, 0.3) is 0 Å². The molecule has 2 aromatic carbocycles. The highest BCUT2D eigenvalue weighted by molar-refractivity contribution is 5.79. The number of furan rings is 1. The third-order valence-electron chi connectivity index (χ3n) is 5.74. The van der Waals surface area contributed by atoms with E-state index < -0.39 is 0 Å². The Bertz CT molecular complexity index is 978. The van der Waals surface area contributed by atoms with Crippen molar-refractivity contribution in [1.82, 2.24) is 10.2 Å². The highest BCUT2D eigenvalue weighted by Crippen LogP contribution is 2.43. The lowest BCUT2D eigenvalue weighted by atomic mass is 9.92. The summed E-state index contributed by atoms with van der Waals surface area (Å²) in [5, 5.41) is 4.11. The van der Waals surface area contributed by atoms with Gasteiger partial charge in [0.2, 0.25) is 0 Å². The first kappa shape index (κ1) is 16.4. The second-order valence-electron chi connectivity index (χ2n) is 7.47. The van der Waals surface area contributed by atoms with Crippen molar-refractivity contribution in [2.24, 2.45) is 0 Å². The first-order valence-corrected chi connectivity index (χ1v) is 9.41. The summed E-state index contributed by atoms with van der Waals surface area (Å²) >= 11 is 0. The lowest BCUT2D eigenvalue weighted by Gasteiger charge is -2.25. The standard InChI is InChI=1S/C22H22N2O3/c1-15(20-12-16-6-3-5-9-19(16)27-20)23-21(25)24-11-10-22(14-24)18-8-4-2-7-17(18)13-26-22/h2-9,12,15H,10-11,13-14H2,1H3,(H,23,25)/t15-,22?/m1/s1. The van der Waals surface area contributed by atoms with Crippen LogP contribution in [-0.2, 0) is 16.9 Å². The number of carbonyl (C=O) groups is 1. The maximum Gasteiger partial charge on any atom is 0.318 e. The monoisotopic (exact) mass is 362 g/mol. The molecule has 0 aliphatic carbocycles. The first-order chi connectivity index (χ1) is 13.1. The van der Waals surface area contributed by atoms with Gasteiger partial charge in [-0.05, 0) is 30.2 Å². The molecular formula is C22H22N2O3. The van der Waals surface area contributed by atoms with Gasteiger partial charge in [-0.2, -0.15) is 0 Å². The third kappa shape index (κ3) is 2.70. The molecular weight excluding hydrogens is 340 g/mol. The largest absolute Gasteiger partial charge is 0.459 e. The summed E-state index contributed by atoms with van der Waals surface area (Å²) in [5.74, 6) is 0.765. The zero-order chi connectivity index (χ0) is 18.4. The predicted molar refractivity (Wildman–Crippen MR) is 102 cm³/mol. The minimum absolute atomic E-state index is 0.0761. The zero-order valence-electron chi connectivity index (χ0n) is 15.3. The Morgan fingerprint density at radius 1 is 1.19 bits per heavy atom. The minimum Gasteiger partial charge on any atom is -0.459 e. The lowest BCUT2D eigenvalue weighted by molar-refractivity contribution is -0.0272. The number of hydrogen-bond donors (Lipinski definition) is 1. The number of urea groups is 1. The van der Waals surface area contributed by atoms with Crippen LogP contribution < -0.4 is 5.32 Å². The van der Waals surface area contributed by atoms with E-state index in [1.165, 1.54) is 11.1 Å². The van der Waals surface area contributed by atoms with E-state index in [9.17, 15) is 4.79 Å². The average molecular weight is 362 g/mol. The summed E-state index contributed by atoms with van der Waals surface area (Å²) in [4.78, 5) is 14.7. The fourth-order valence-electron chi connectivity index (χ4n) is 4.24. The normalized spacial score (nSPS) is 22.3. The molecule has 2 atom stereocenters.